The van der Waals surface area contributed by atoms with Gasteiger partial charge in [0.15, 0.2) is 5.84 Å². The number of amidine groups is 1. The zero-order valence-electron chi connectivity index (χ0n) is 11.2. The van der Waals surface area contributed by atoms with Crippen molar-refractivity contribution in [1.82, 2.24) is 0 Å². The summed E-state index contributed by atoms with van der Waals surface area (Å²) in [4.78, 5) is 28.1. The number of thiophene rings is 1. The predicted molar refractivity (Wildman–Crippen MR) is 73.0 cm³/mol. The van der Waals surface area contributed by atoms with Crippen molar-refractivity contribution >= 4 is 29.1 Å². The van der Waals surface area contributed by atoms with E-state index in [0.717, 1.165) is 18.7 Å². The molecule has 0 aliphatic rings. The van der Waals surface area contributed by atoms with Crippen LogP contribution in [0.4, 0.5) is 0 Å². The monoisotopic (exact) mass is 298 g/mol. The summed E-state index contributed by atoms with van der Waals surface area (Å²) in [6.45, 7) is 1.86. The number of oxime groups is 1. The molecule has 0 aliphatic heterocycles. The molecular weight excluding hydrogens is 284 g/mol. The highest BCUT2D eigenvalue weighted by atomic mass is 32.1. The third-order valence-corrected chi connectivity index (χ3v) is 3.21. The van der Waals surface area contributed by atoms with Crippen molar-refractivity contribution in [3.05, 3.63) is 33.7 Å². The first-order valence-electron chi connectivity index (χ1n) is 5.42. The maximum Gasteiger partial charge on any atom is 0.377 e. The average molecular weight is 298 g/mol. The maximum absolute atomic E-state index is 11.4. The molecule has 1 heterocycles. The fourth-order valence-electron chi connectivity index (χ4n) is 1.16. The summed E-state index contributed by atoms with van der Waals surface area (Å²) < 4.78 is 8.85. The van der Waals surface area contributed by atoms with E-state index in [1.807, 2.05) is 18.4 Å². The van der Waals surface area contributed by atoms with Gasteiger partial charge in [0.25, 0.3) is 0 Å². The molecule has 0 atom stereocenters. The van der Waals surface area contributed by atoms with Gasteiger partial charge in [-0.05, 0) is 23.9 Å². The zero-order valence-corrected chi connectivity index (χ0v) is 12.0. The molecule has 0 saturated carbocycles. The number of esters is 2. The molecule has 108 valence electrons. The van der Waals surface area contributed by atoms with E-state index in [4.69, 9.17) is 10.6 Å². The summed E-state index contributed by atoms with van der Waals surface area (Å²) in [6.07, 6.45) is 0.823. The normalized spacial score (nSPS) is 11.9. The second-order valence-corrected chi connectivity index (χ2v) is 4.44. The van der Waals surface area contributed by atoms with Crippen molar-refractivity contribution in [2.45, 2.75) is 6.92 Å². The van der Waals surface area contributed by atoms with Crippen molar-refractivity contribution in [3.63, 3.8) is 0 Å². The molecule has 0 aromatic carbocycles. The Morgan fingerprint density at radius 3 is 2.55 bits per heavy atom. The van der Waals surface area contributed by atoms with Gasteiger partial charge in [0.1, 0.15) is 0 Å². The van der Waals surface area contributed by atoms with Crippen molar-refractivity contribution in [1.29, 1.82) is 0 Å². The van der Waals surface area contributed by atoms with Crippen LogP contribution in [0.5, 0.6) is 0 Å². The number of nitrogens with zero attached hydrogens (tertiary/aromatic N) is 1. The van der Waals surface area contributed by atoms with E-state index in [-0.39, 0.29) is 5.84 Å². The third kappa shape index (κ3) is 4.09. The Bertz CT molecular complexity index is 562. The maximum atomic E-state index is 11.4. The summed E-state index contributed by atoms with van der Waals surface area (Å²) in [7, 11) is 2.31. The SMILES string of the molecule is COC(=O)/C=C(/O/N=C(\N)c1sccc1C)C(=O)OC. The molecule has 7 nitrogen and oxygen atoms in total. The Kier molecular flexibility index (Phi) is 5.73. The first-order valence-corrected chi connectivity index (χ1v) is 6.30. The quantitative estimate of drug-likeness (QED) is 0.217. The largest absolute Gasteiger partial charge is 0.466 e. The highest BCUT2D eigenvalue weighted by Gasteiger charge is 2.15. The Labute approximate surface area is 119 Å². The number of nitrogens with two attached hydrogens (primary N) is 1. The summed E-state index contributed by atoms with van der Waals surface area (Å²) >= 11 is 1.38. The molecule has 0 saturated heterocycles. The molecule has 0 unspecified atom stereocenters. The van der Waals surface area contributed by atoms with E-state index in [2.05, 4.69) is 14.6 Å². The number of methoxy groups -OCH3 is 2. The summed E-state index contributed by atoms with van der Waals surface area (Å²) in [5.41, 5.74) is 6.66. The molecule has 0 aliphatic carbocycles. The standard InChI is InChI=1S/C12H14N2O5S/c1-7-4-5-20-10(7)11(13)14-19-8(12(16)18-3)6-9(15)17-2/h4-6H,1-3H3,(H2,13,14)/b8-6+. The molecule has 0 spiro atoms. The van der Waals surface area contributed by atoms with Crippen LogP contribution in [0.1, 0.15) is 10.4 Å². The summed E-state index contributed by atoms with van der Waals surface area (Å²) in [5, 5.41) is 5.46. The van der Waals surface area contributed by atoms with Crippen molar-refractivity contribution in [3.8, 4) is 0 Å². The van der Waals surface area contributed by atoms with Gasteiger partial charge in [0.05, 0.1) is 25.2 Å². The van der Waals surface area contributed by atoms with Gasteiger partial charge in [-0.15, -0.1) is 11.3 Å². The first-order chi connectivity index (χ1) is 9.49. The molecule has 1 aromatic heterocycles. The van der Waals surface area contributed by atoms with Crippen LogP contribution in [0, 0.1) is 6.92 Å². The lowest BCUT2D eigenvalue weighted by Gasteiger charge is -2.03. The van der Waals surface area contributed by atoms with Crippen LogP contribution in [0.2, 0.25) is 0 Å². The van der Waals surface area contributed by atoms with Crippen LogP contribution < -0.4 is 5.73 Å². The number of rotatable bonds is 5. The van der Waals surface area contributed by atoms with Crippen LogP contribution in [0.25, 0.3) is 0 Å². The number of carbonyl (C=O) groups is 2. The zero-order chi connectivity index (χ0) is 15.1. The van der Waals surface area contributed by atoms with Gasteiger partial charge >= 0.3 is 11.9 Å². The van der Waals surface area contributed by atoms with E-state index in [1.54, 1.807) is 0 Å². The minimum Gasteiger partial charge on any atom is -0.466 e. The molecule has 0 amide bonds. The van der Waals surface area contributed by atoms with Crippen LogP contribution in [0.15, 0.2) is 28.4 Å². The van der Waals surface area contributed by atoms with E-state index in [9.17, 15) is 9.59 Å². The topological polar surface area (TPSA) is 100 Å². The van der Waals surface area contributed by atoms with Gasteiger partial charge in [-0.2, -0.15) is 0 Å². The van der Waals surface area contributed by atoms with Crippen LogP contribution in [-0.2, 0) is 23.9 Å². The Morgan fingerprint density at radius 1 is 1.35 bits per heavy atom. The molecule has 2 N–H and O–H groups in total. The number of aryl methyl sites for hydroxylation is 1. The van der Waals surface area contributed by atoms with Gasteiger partial charge in [-0.3, -0.25) is 0 Å². The van der Waals surface area contributed by atoms with Crippen LogP contribution in [-0.4, -0.2) is 32.0 Å². The lowest BCUT2D eigenvalue weighted by atomic mass is 10.3. The van der Waals surface area contributed by atoms with Crippen molar-refractivity contribution < 1.29 is 23.9 Å². The molecule has 1 rings (SSSR count). The Hall–Kier alpha value is -2.35. The lowest BCUT2D eigenvalue weighted by molar-refractivity contribution is -0.142. The first kappa shape index (κ1) is 15.7. The van der Waals surface area contributed by atoms with Crippen LogP contribution in [0.3, 0.4) is 0 Å². The molecular formula is C12H14N2O5S. The minimum atomic E-state index is -0.866. The lowest BCUT2D eigenvalue weighted by Crippen LogP contribution is -2.15. The fraction of sp³-hybridized carbons (Fsp3) is 0.250. The number of hydrogen-bond acceptors (Lipinski definition) is 7. The van der Waals surface area contributed by atoms with Crippen molar-refractivity contribution in [2.24, 2.45) is 10.9 Å². The van der Waals surface area contributed by atoms with Gasteiger partial charge in [0, 0.05) is 0 Å². The second-order valence-electron chi connectivity index (χ2n) is 3.52. The predicted octanol–water partition coefficient (Wildman–Crippen LogP) is 0.923. The highest BCUT2D eigenvalue weighted by Crippen LogP contribution is 2.15. The Balaban J connectivity index is 2.91. The highest BCUT2D eigenvalue weighted by molar-refractivity contribution is 7.12. The fourth-order valence-corrected chi connectivity index (χ4v) is 1.98. The molecule has 20 heavy (non-hydrogen) atoms. The Morgan fingerprint density at radius 2 is 2.05 bits per heavy atom. The summed E-state index contributed by atoms with van der Waals surface area (Å²) in [6, 6.07) is 1.87. The van der Waals surface area contributed by atoms with E-state index in [1.165, 1.54) is 18.4 Å². The molecule has 0 fully saturated rings. The van der Waals surface area contributed by atoms with Gasteiger partial charge < -0.3 is 20.0 Å². The second kappa shape index (κ2) is 7.29. The number of carbonyl (C=O) groups excluding carboxylic acids is 2. The van der Waals surface area contributed by atoms with Crippen molar-refractivity contribution in [2.75, 3.05) is 14.2 Å². The minimum absolute atomic E-state index is 0.0946. The van der Waals surface area contributed by atoms with Gasteiger partial charge in [-0.1, -0.05) is 5.16 Å². The van der Waals surface area contributed by atoms with E-state index >= 15 is 0 Å². The molecule has 1 aromatic rings. The average Bonchev–Trinajstić information content (AvgIpc) is 2.88. The van der Waals surface area contributed by atoms with Gasteiger partial charge in [-0.25, -0.2) is 9.59 Å². The number of ether oxygens (including phenoxy) is 2. The van der Waals surface area contributed by atoms with Gasteiger partial charge in [0.2, 0.25) is 5.76 Å². The summed E-state index contributed by atoms with van der Waals surface area (Å²) in [5.74, 6) is -1.96. The van der Waals surface area contributed by atoms with E-state index < -0.39 is 17.7 Å². The third-order valence-electron chi connectivity index (χ3n) is 2.17. The number of hydrogen-bond donors (Lipinski definition) is 1. The molecule has 0 bridgehead atoms. The van der Waals surface area contributed by atoms with E-state index in [0.29, 0.717) is 4.88 Å². The smallest absolute Gasteiger partial charge is 0.377 e. The molecule has 8 heteroatoms. The molecule has 0 radical (unpaired) electrons. The van der Waals surface area contributed by atoms with Crippen LogP contribution >= 0.6 is 11.3 Å².